The molecule has 2 nitrogen and oxygen atoms in total. The van der Waals surface area contributed by atoms with Crippen LogP contribution in [0.1, 0.15) is 79.0 Å². The highest BCUT2D eigenvalue weighted by atomic mass is 16.7. The first-order valence-electron chi connectivity index (χ1n) is 16.0. The van der Waals surface area contributed by atoms with Gasteiger partial charge in [0.25, 0.3) is 0 Å². The second kappa shape index (κ2) is 8.74. The Bertz CT molecular complexity index is 2110. The maximum Gasteiger partial charge on any atom is 0.494 e. The van der Waals surface area contributed by atoms with Gasteiger partial charge in [-0.15, -0.1) is 0 Å². The van der Waals surface area contributed by atoms with Crippen LogP contribution in [0.15, 0.2) is 84.9 Å². The van der Waals surface area contributed by atoms with Gasteiger partial charge in [-0.25, -0.2) is 0 Å². The first-order valence-corrected chi connectivity index (χ1v) is 16.0. The zero-order chi connectivity index (χ0) is 31.0. The Morgan fingerprint density at radius 3 is 1.75 bits per heavy atom. The van der Waals surface area contributed by atoms with E-state index in [9.17, 15) is 0 Å². The first-order chi connectivity index (χ1) is 20.7. The van der Waals surface area contributed by atoms with Gasteiger partial charge in [0.15, 0.2) is 0 Å². The van der Waals surface area contributed by atoms with E-state index < -0.39 is 0 Å². The molecular weight excluding hydrogens is 535 g/mol. The summed E-state index contributed by atoms with van der Waals surface area (Å²) < 4.78 is 12.8. The summed E-state index contributed by atoms with van der Waals surface area (Å²) >= 11 is 0. The van der Waals surface area contributed by atoms with Crippen LogP contribution < -0.4 is 5.46 Å². The Hall–Kier alpha value is -3.66. The Morgan fingerprint density at radius 1 is 0.545 bits per heavy atom. The third kappa shape index (κ3) is 3.82. The topological polar surface area (TPSA) is 18.5 Å². The number of fused-ring (bicyclic) bond motifs is 3. The van der Waals surface area contributed by atoms with Crippen molar-refractivity contribution in [1.29, 1.82) is 0 Å². The van der Waals surface area contributed by atoms with Crippen molar-refractivity contribution >= 4 is 44.9 Å². The van der Waals surface area contributed by atoms with Crippen LogP contribution >= 0.6 is 0 Å². The molecule has 1 heterocycles. The summed E-state index contributed by atoms with van der Waals surface area (Å²) in [6.45, 7) is 20.1. The Labute approximate surface area is 261 Å². The van der Waals surface area contributed by atoms with E-state index in [2.05, 4.69) is 147 Å². The summed E-state index contributed by atoms with van der Waals surface area (Å²) in [4.78, 5) is 0. The van der Waals surface area contributed by atoms with Gasteiger partial charge in [-0.3, -0.25) is 0 Å². The van der Waals surface area contributed by atoms with Crippen molar-refractivity contribution in [3.63, 3.8) is 0 Å². The number of hydrogen-bond donors (Lipinski definition) is 0. The van der Waals surface area contributed by atoms with Crippen LogP contribution in [0.25, 0.3) is 54.6 Å². The molecule has 0 radical (unpaired) electrons. The summed E-state index contributed by atoms with van der Waals surface area (Å²) in [6.07, 6.45) is 0. The summed E-state index contributed by atoms with van der Waals surface area (Å²) in [7, 11) is -0.364. The molecule has 44 heavy (non-hydrogen) atoms. The molecule has 0 spiro atoms. The van der Waals surface area contributed by atoms with Gasteiger partial charge in [0.1, 0.15) is 0 Å². The quantitative estimate of drug-likeness (QED) is 0.151. The highest BCUT2D eigenvalue weighted by molar-refractivity contribution is 6.62. The maximum absolute atomic E-state index is 6.42. The summed E-state index contributed by atoms with van der Waals surface area (Å²) in [5.41, 5.74) is 9.60. The molecule has 0 atom stereocenters. The fourth-order valence-electron chi connectivity index (χ4n) is 7.55. The van der Waals surface area contributed by atoms with Crippen LogP contribution in [0.5, 0.6) is 0 Å². The van der Waals surface area contributed by atoms with Gasteiger partial charge in [0, 0.05) is 5.41 Å². The van der Waals surface area contributed by atoms with Gasteiger partial charge in [-0.05, 0) is 116 Å². The van der Waals surface area contributed by atoms with Gasteiger partial charge < -0.3 is 9.31 Å². The predicted octanol–water partition coefficient (Wildman–Crippen LogP) is 10.2. The average molecular weight is 577 g/mol. The number of rotatable bonds is 2. The van der Waals surface area contributed by atoms with Crippen LogP contribution in [0, 0.1) is 0 Å². The third-order valence-corrected chi connectivity index (χ3v) is 11.0. The Morgan fingerprint density at radius 2 is 1.09 bits per heavy atom. The lowest BCUT2D eigenvalue weighted by Crippen LogP contribution is -2.41. The van der Waals surface area contributed by atoms with Crippen LogP contribution in [0.2, 0.25) is 0 Å². The van der Waals surface area contributed by atoms with Crippen LogP contribution in [0.4, 0.5) is 0 Å². The molecule has 8 rings (SSSR count). The molecule has 0 aromatic heterocycles. The van der Waals surface area contributed by atoms with Crippen molar-refractivity contribution in [3.05, 3.63) is 102 Å². The smallest absolute Gasteiger partial charge is 0.399 e. The summed E-state index contributed by atoms with van der Waals surface area (Å²) in [5.74, 6) is 0. The molecule has 1 saturated heterocycles. The van der Waals surface area contributed by atoms with Crippen LogP contribution in [-0.2, 0) is 20.1 Å². The Kier molecular flexibility index (Phi) is 5.54. The van der Waals surface area contributed by atoms with Crippen molar-refractivity contribution in [3.8, 4) is 22.3 Å². The lowest BCUT2D eigenvalue weighted by molar-refractivity contribution is 0.00578. The second-order valence-corrected chi connectivity index (χ2v) is 15.7. The SMILES string of the molecule is CC(C)(C)c1cc2ccc3ccc(-c4ccc5c(c4)C(C)(C)c4cc(B6OC(C)(C)C(C)(C)O6)ccc4-5)c4ccc(c1)c2c34. The summed E-state index contributed by atoms with van der Waals surface area (Å²) in [6, 6.07) is 32.5. The van der Waals surface area contributed by atoms with E-state index in [0.717, 1.165) is 5.46 Å². The predicted molar refractivity (Wildman–Crippen MR) is 188 cm³/mol. The minimum atomic E-state index is -0.364. The van der Waals surface area contributed by atoms with Crippen molar-refractivity contribution in [2.75, 3.05) is 0 Å². The standard InChI is InChI=1S/C41H41BO2/c1-38(2,3)28-20-26-11-10-24-12-16-30(33-18-14-27(21-28)36(26)37(24)33)25-13-17-31-32-19-15-29(23-35(32)39(4,5)34(31)22-25)42-43-40(6,7)41(8,9)44-42/h10-23H,1-9H3. The van der Waals surface area contributed by atoms with E-state index in [1.807, 2.05) is 0 Å². The molecule has 6 aromatic carbocycles. The van der Waals surface area contributed by atoms with Crippen molar-refractivity contribution < 1.29 is 9.31 Å². The molecule has 1 aliphatic carbocycles. The molecule has 1 aliphatic heterocycles. The molecule has 0 saturated carbocycles. The van der Waals surface area contributed by atoms with E-state index >= 15 is 0 Å². The second-order valence-electron chi connectivity index (χ2n) is 15.7. The molecule has 220 valence electrons. The van der Waals surface area contributed by atoms with Crippen molar-refractivity contribution in [2.45, 2.75) is 84.3 Å². The highest BCUT2D eigenvalue weighted by Gasteiger charge is 2.52. The maximum atomic E-state index is 6.42. The zero-order valence-corrected chi connectivity index (χ0v) is 27.5. The van der Waals surface area contributed by atoms with Crippen LogP contribution in [0.3, 0.4) is 0 Å². The van der Waals surface area contributed by atoms with Crippen LogP contribution in [-0.4, -0.2) is 18.3 Å². The van der Waals surface area contributed by atoms with Gasteiger partial charge in [-0.2, -0.15) is 0 Å². The van der Waals surface area contributed by atoms with Gasteiger partial charge >= 0.3 is 7.12 Å². The molecule has 2 aliphatic rings. The molecule has 6 aromatic rings. The summed E-state index contributed by atoms with van der Waals surface area (Å²) in [5, 5.41) is 8.01. The molecule has 0 bridgehead atoms. The Balaban J connectivity index is 1.24. The highest BCUT2D eigenvalue weighted by Crippen LogP contribution is 2.50. The largest absolute Gasteiger partial charge is 0.494 e. The zero-order valence-electron chi connectivity index (χ0n) is 27.5. The molecule has 0 N–H and O–H groups in total. The van der Waals surface area contributed by atoms with Gasteiger partial charge in [-0.1, -0.05) is 113 Å². The molecule has 0 unspecified atom stereocenters. The van der Waals surface area contributed by atoms with E-state index in [0.29, 0.717) is 0 Å². The lowest BCUT2D eigenvalue weighted by atomic mass is 9.74. The normalized spacial score (nSPS) is 18.4. The molecule has 1 fully saturated rings. The minimum absolute atomic E-state index is 0.107. The van der Waals surface area contributed by atoms with E-state index in [1.165, 1.54) is 71.3 Å². The molecule has 0 amide bonds. The number of hydrogen-bond acceptors (Lipinski definition) is 2. The van der Waals surface area contributed by atoms with Crippen molar-refractivity contribution in [2.24, 2.45) is 0 Å². The average Bonchev–Trinajstić information content (AvgIpc) is 3.33. The monoisotopic (exact) mass is 576 g/mol. The lowest BCUT2D eigenvalue weighted by Gasteiger charge is -2.32. The van der Waals surface area contributed by atoms with E-state index in [1.54, 1.807) is 0 Å². The molecular formula is C41H41BO2. The fraction of sp³-hybridized carbons (Fsp3) is 0.317. The van der Waals surface area contributed by atoms with E-state index in [4.69, 9.17) is 9.31 Å². The first kappa shape index (κ1) is 27.9. The van der Waals surface area contributed by atoms with E-state index in [-0.39, 0.29) is 29.2 Å². The van der Waals surface area contributed by atoms with Gasteiger partial charge in [0.2, 0.25) is 0 Å². The van der Waals surface area contributed by atoms with Gasteiger partial charge in [0.05, 0.1) is 11.2 Å². The third-order valence-electron chi connectivity index (χ3n) is 11.0. The number of benzene rings is 6. The van der Waals surface area contributed by atoms with Crippen molar-refractivity contribution in [1.82, 2.24) is 0 Å². The minimum Gasteiger partial charge on any atom is -0.399 e. The fourth-order valence-corrected chi connectivity index (χ4v) is 7.55. The molecule has 3 heteroatoms.